The van der Waals surface area contributed by atoms with E-state index in [9.17, 15) is 8.42 Å². The molecule has 4 heteroatoms. The van der Waals surface area contributed by atoms with Crippen molar-refractivity contribution < 1.29 is 8.42 Å². The topological polar surface area (TPSA) is 47.0 Å². The molecule has 0 unspecified atom stereocenters. The molecule has 0 amide bonds. The molecule has 0 aromatic carbocycles. The number of unbranched alkanes of at least 4 members (excludes halogenated alkanes) is 1. The fourth-order valence-corrected chi connectivity index (χ4v) is 1.60. The van der Waals surface area contributed by atoms with Gasteiger partial charge in [-0.25, -0.2) is 13.4 Å². The monoisotopic (exact) mass is 212 g/mol. The molecule has 0 aliphatic carbocycles. The van der Waals surface area contributed by atoms with Crippen molar-refractivity contribution in [3.63, 3.8) is 0 Å². The first-order valence-electron chi connectivity index (χ1n) is 4.53. The summed E-state index contributed by atoms with van der Waals surface area (Å²) in [6.45, 7) is 2.09. The fourth-order valence-electron chi connectivity index (χ4n) is 1.04. The minimum atomic E-state index is -3.17. The van der Waals surface area contributed by atoms with E-state index >= 15 is 0 Å². The van der Waals surface area contributed by atoms with Crippen LogP contribution in [-0.2, 0) is 9.84 Å². The maximum Gasteiger partial charge on any atom is 0.192 e. The van der Waals surface area contributed by atoms with Crippen molar-refractivity contribution in [2.75, 3.05) is 6.26 Å². The van der Waals surface area contributed by atoms with Gasteiger partial charge < -0.3 is 0 Å². The van der Waals surface area contributed by atoms with Crippen LogP contribution in [0, 0.1) is 6.42 Å². The molecule has 1 aromatic heterocycles. The van der Waals surface area contributed by atoms with Gasteiger partial charge in [0.05, 0.1) is 0 Å². The molecule has 3 nitrogen and oxygen atoms in total. The van der Waals surface area contributed by atoms with Crippen LogP contribution in [0.25, 0.3) is 0 Å². The van der Waals surface area contributed by atoms with Crippen molar-refractivity contribution >= 4 is 9.84 Å². The van der Waals surface area contributed by atoms with Crippen LogP contribution in [0.3, 0.4) is 0 Å². The van der Waals surface area contributed by atoms with Gasteiger partial charge in [-0.05, 0) is 24.5 Å². The third-order valence-corrected chi connectivity index (χ3v) is 2.81. The van der Waals surface area contributed by atoms with E-state index in [4.69, 9.17) is 0 Å². The molecule has 1 rings (SSSR count). The smallest absolute Gasteiger partial charge is 0.192 e. The van der Waals surface area contributed by atoms with E-state index in [-0.39, 0.29) is 5.03 Å². The zero-order valence-corrected chi connectivity index (χ0v) is 9.21. The Morgan fingerprint density at radius 1 is 1.43 bits per heavy atom. The first-order valence-corrected chi connectivity index (χ1v) is 6.42. The molecule has 0 bridgehead atoms. The highest BCUT2D eigenvalue weighted by Crippen LogP contribution is 2.09. The molecule has 1 aromatic rings. The van der Waals surface area contributed by atoms with Gasteiger partial charge in [-0.1, -0.05) is 19.4 Å². The number of nitrogens with zero attached hydrogens (tertiary/aromatic N) is 1. The summed E-state index contributed by atoms with van der Waals surface area (Å²) in [4.78, 5) is 3.88. The normalized spacial score (nSPS) is 11.6. The van der Waals surface area contributed by atoms with Crippen LogP contribution in [0.2, 0.25) is 0 Å². The molecule has 1 heterocycles. The highest BCUT2D eigenvalue weighted by atomic mass is 32.2. The van der Waals surface area contributed by atoms with E-state index in [1.807, 2.05) is 6.42 Å². The van der Waals surface area contributed by atoms with Crippen LogP contribution in [-0.4, -0.2) is 19.7 Å². The Labute approximate surface area is 85.1 Å². The molecule has 14 heavy (non-hydrogen) atoms. The number of sulfone groups is 1. The highest BCUT2D eigenvalue weighted by molar-refractivity contribution is 7.90. The Hall–Kier alpha value is -0.900. The van der Waals surface area contributed by atoms with Gasteiger partial charge in [0.2, 0.25) is 0 Å². The van der Waals surface area contributed by atoms with E-state index < -0.39 is 9.84 Å². The van der Waals surface area contributed by atoms with Gasteiger partial charge in [0.1, 0.15) is 0 Å². The van der Waals surface area contributed by atoms with Gasteiger partial charge in [0.25, 0.3) is 0 Å². The van der Waals surface area contributed by atoms with Crippen molar-refractivity contribution in [3.05, 3.63) is 30.3 Å². The summed E-state index contributed by atoms with van der Waals surface area (Å²) < 4.78 is 22.2. The minimum absolute atomic E-state index is 0.131. The third-order valence-electron chi connectivity index (χ3n) is 1.81. The standard InChI is InChI=1S/C10H14NO2S/c1-3-4-5-9-6-7-10(11-8-9)14(2,12)13/h5-8H,3-4H2,1-2H3. The third kappa shape index (κ3) is 3.10. The van der Waals surface area contributed by atoms with Crippen molar-refractivity contribution in [3.8, 4) is 0 Å². The van der Waals surface area contributed by atoms with E-state index in [0.717, 1.165) is 24.7 Å². The lowest BCUT2D eigenvalue weighted by Crippen LogP contribution is -2.00. The molecule has 0 atom stereocenters. The fraction of sp³-hybridized carbons (Fsp3) is 0.400. The highest BCUT2D eigenvalue weighted by Gasteiger charge is 2.07. The molecule has 0 aliphatic rings. The Morgan fingerprint density at radius 2 is 2.14 bits per heavy atom. The molecule has 0 aliphatic heterocycles. The Balaban J connectivity index is 2.79. The van der Waals surface area contributed by atoms with Gasteiger partial charge in [0.15, 0.2) is 14.9 Å². The predicted octanol–water partition coefficient (Wildman–Crippen LogP) is 1.84. The summed E-state index contributed by atoms with van der Waals surface area (Å²) in [6, 6.07) is 3.32. The summed E-state index contributed by atoms with van der Waals surface area (Å²) in [5.41, 5.74) is 0.972. The lowest BCUT2D eigenvalue weighted by Gasteiger charge is -2.00. The summed E-state index contributed by atoms with van der Waals surface area (Å²) in [5, 5.41) is 0.131. The summed E-state index contributed by atoms with van der Waals surface area (Å²) in [6.07, 6.45) is 6.85. The first-order chi connectivity index (χ1) is 6.54. The number of rotatable bonds is 4. The maximum absolute atomic E-state index is 11.1. The van der Waals surface area contributed by atoms with Crippen molar-refractivity contribution in [2.24, 2.45) is 0 Å². The molecule has 0 N–H and O–H groups in total. The number of pyridine rings is 1. The van der Waals surface area contributed by atoms with E-state index in [1.165, 1.54) is 6.07 Å². The molecular weight excluding hydrogens is 198 g/mol. The average molecular weight is 212 g/mol. The molecule has 0 saturated carbocycles. The van der Waals surface area contributed by atoms with E-state index in [0.29, 0.717) is 0 Å². The van der Waals surface area contributed by atoms with Crippen LogP contribution in [0.1, 0.15) is 25.3 Å². The number of hydrogen-bond acceptors (Lipinski definition) is 3. The average Bonchev–Trinajstić information content (AvgIpc) is 2.14. The summed E-state index contributed by atoms with van der Waals surface area (Å²) in [5.74, 6) is 0. The second-order valence-electron chi connectivity index (χ2n) is 3.19. The van der Waals surface area contributed by atoms with Crippen LogP contribution >= 0.6 is 0 Å². The molecule has 1 radical (unpaired) electrons. The second-order valence-corrected chi connectivity index (χ2v) is 5.16. The van der Waals surface area contributed by atoms with Gasteiger partial charge >= 0.3 is 0 Å². The Kier molecular flexibility index (Phi) is 3.63. The van der Waals surface area contributed by atoms with Crippen molar-refractivity contribution in [1.29, 1.82) is 0 Å². The van der Waals surface area contributed by atoms with E-state index in [2.05, 4.69) is 11.9 Å². The number of aromatic nitrogens is 1. The van der Waals surface area contributed by atoms with Gasteiger partial charge in [-0.3, -0.25) is 0 Å². The zero-order valence-electron chi connectivity index (χ0n) is 8.40. The molecule has 0 fully saturated rings. The van der Waals surface area contributed by atoms with Crippen LogP contribution in [0.4, 0.5) is 0 Å². The van der Waals surface area contributed by atoms with Crippen LogP contribution in [0.15, 0.2) is 23.4 Å². The first kappa shape index (κ1) is 11.2. The van der Waals surface area contributed by atoms with Gasteiger partial charge in [0, 0.05) is 12.5 Å². The SMILES string of the molecule is CCC[CH]c1ccc(S(C)(=O)=O)nc1. The van der Waals surface area contributed by atoms with Crippen molar-refractivity contribution in [2.45, 2.75) is 24.8 Å². The van der Waals surface area contributed by atoms with Crippen LogP contribution in [0.5, 0.6) is 0 Å². The molecule has 77 valence electrons. The molecular formula is C10H14NO2S. The Bertz CT molecular complexity index is 381. The lowest BCUT2D eigenvalue weighted by atomic mass is 10.1. The van der Waals surface area contributed by atoms with Crippen molar-refractivity contribution in [1.82, 2.24) is 4.98 Å². The Morgan fingerprint density at radius 3 is 2.57 bits per heavy atom. The zero-order chi connectivity index (χ0) is 10.6. The maximum atomic E-state index is 11.1. The minimum Gasteiger partial charge on any atom is -0.244 e. The van der Waals surface area contributed by atoms with E-state index in [1.54, 1.807) is 12.3 Å². The molecule has 0 spiro atoms. The van der Waals surface area contributed by atoms with Gasteiger partial charge in [-0.2, -0.15) is 0 Å². The van der Waals surface area contributed by atoms with Crippen LogP contribution < -0.4 is 0 Å². The predicted molar refractivity (Wildman–Crippen MR) is 55.7 cm³/mol. The summed E-state index contributed by atoms with van der Waals surface area (Å²) in [7, 11) is -3.17. The second kappa shape index (κ2) is 4.55. The lowest BCUT2D eigenvalue weighted by molar-refractivity contribution is 0.598. The molecule has 0 saturated heterocycles. The summed E-state index contributed by atoms with van der Waals surface area (Å²) >= 11 is 0. The quantitative estimate of drug-likeness (QED) is 0.765. The largest absolute Gasteiger partial charge is 0.244 e. The van der Waals surface area contributed by atoms with Gasteiger partial charge in [-0.15, -0.1) is 0 Å². The number of hydrogen-bond donors (Lipinski definition) is 0.